The minimum absolute atomic E-state index is 0. The molecule has 1 N–H and O–H groups in total. The van der Waals surface area contributed by atoms with Crippen molar-refractivity contribution in [3.8, 4) is 0 Å². The number of nitrogens with zero attached hydrogens (tertiary/aromatic N) is 1. The maximum atomic E-state index is 10.4. The molecule has 12 heavy (non-hydrogen) atoms. The molecule has 0 fully saturated rings. The van der Waals surface area contributed by atoms with Crippen LogP contribution in [0, 0.1) is 6.92 Å². The summed E-state index contributed by atoms with van der Waals surface area (Å²) in [5.41, 5.74) is 0.554. The van der Waals surface area contributed by atoms with E-state index in [0.29, 0.717) is 5.69 Å². The van der Waals surface area contributed by atoms with Crippen LogP contribution in [-0.4, -0.2) is 16.1 Å². The van der Waals surface area contributed by atoms with Crippen molar-refractivity contribution in [3.05, 3.63) is 28.5 Å². The molecule has 1 aromatic heterocycles. The van der Waals surface area contributed by atoms with E-state index in [2.05, 4.69) is 4.98 Å². The molecule has 0 atom stereocenters. The zero-order valence-corrected chi connectivity index (χ0v) is 7.59. The Balaban J connectivity index is 0. The van der Waals surface area contributed by atoms with Gasteiger partial charge in [0.2, 0.25) is 0 Å². The van der Waals surface area contributed by atoms with Gasteiger partial charge in [-0.3, -0.25) is 0 Å². The van der Waals surface area contributed by atoms with Crippen molar-refractivity contribution < 1.29 is 30.2 Å². The summed E-state index contributed by atoms with van der Waals surface area (Å²) in [7, 11) is 0. The van der Waals surface area contributed by atoms with Crippen LogP contribution in [0.1, 0.15) is 17.6 Å². The number of carbonyl (C=O) groups is 1. The summed E-state index contributed by atoms with van der Waals surface area (Å²) >= 11 is 5.55. The van der Waals surface area contributed by atoms with E-state index in [1.165, 1.54) is 6.07 Å². The third-order valence-corrected chi connectivity index (χ3v) is 1.49. The summed E-state index contributed by atoms with van der Waals surface area (Å²) in [4.78, 5) is 14.2. The van der Waals surface area contributed by atoms with Gasteiger partial charge in [-0.1, -0.05) is 11.6 Å². The average Bonchev–Trinajstić information content (AvgIpc) is 1.94. The first-order valence-electron chi connectivity index (χ1n) is 2.97. The number of aryl methyl sites for hydroxylation is 1. The second kappa shape index (κ2) is 4.51. The number of hydrogen-bond donors (Lipinski definition) is 1. The molecule has 5 heteroatoms. The van der Waals surface area contributed by atoms with E-state index in [9.17, 15) is 4.79 Å². The first-order valence-corrected chi connectivity index (χ1v) is 3.35. The number of aromatic carboxylic acids is 1. The minimum atomic E-state index is -1.10. The number of aromatic nitrogens is 1. The summed E-state index contributed by atoms with van der Waals surface area (Å²) in [6.45, 7) is 1.71. The van der Waals surface area contributed by atoms with Crippen LogP contribution in [0.5, 0.6) is 0 Å². The van der Waals surface area contributed by atoms with E-state index in [1.54, 1.807) is 13.0 Å². The number of halogens is 1. The van der Waals surface area contributed by atoms with Gasteiger partial charge in [-0.25, -0.2) is 9.78 Å². The van der Waals surface area contributed by atoms with Crippen LogP contribution in [-0.2, 0) is 0 Å². The van der Waals surface area contributed by atoms with E-state index in [4.69, 9.17) is 16.7 Å². The van der Waals surface area contributed by atoms with Crippen molar-refractivity contribution in [1.82, 2.24) is 4.98 Å². The van der Waals surface area contributed by atoms with Gasteiger partial charge in [-0.05, 0) is 19.1 Å². The summed E-state index contributed by atoms with van der Waals surface area (Å²) in [6, 6.07) is 3.18. The van der Waals surface area contributed by atoms with Gasteiger partial charge >= 0.3 is 24.8 Å². The number of carboxylic acid groups (broad SMARTS) is 1. The van der Waals surface area contributed by atoms with Crippen molar-refractivity contribution >= 4 is 17.6 Å². The van der Waals surface area contributed by atoms with Gasteiger partial charge in [-0.15, -0.1) is 0 Å². The third-order valence-electron chi connectivity index (χ3n) is 1.19. The Kier molecular flexibility index (Phi) is 4.33. The normalized spacial score (nSPS) is 8.83. The number of carboxylic acids is 1. The van der Waals surface area contributed by atoms with Gasteiger partial charge in [0.1, 0.15) is 0 Å². The van der Waals surface area contributed by atoms with Crippen LogP contribution in [0.15, 0.2) is 12.1 Å². The van der Waals surface area contributed by atoms with Crippen molar-refractivity contribution in [2.45, 2.75) is 6.92 Å². The van der Waals surface area contributed by atoms with Crippen LogP contribution >= 0.6 is 11.6 Å². The quantitative estimate of drug-likeness (QED) is 0.555. The van der Waals surface area contributed by atoms with E-state index in [0.717, 1.165) is 0 Å². The molecular formula is C7H7ClLiNO2. The summed E-state index contributed by atoms with van der Waals surface area (Å²) in [6.07, 6.45) is 0. The zero-order chi connectivity index (χ0) is 8.43. The second-order valence-electron chi connectivity index (χ2n) is 2.09. The van der Waals surface area contributed by atoms with E-state index >= 15 is 0 Å². The Morgan fingerprint density at radius 3 is 2.67 bits per heavy atom. The molecule has 0 aliphatic heterocycles. The van der Waals surface area contributed by atoms with E-state index in [1.807, 2.05) is 0 Å². The molecule has 0 aromatic carbocycles. The molecule has 0 radical (unpaired) electrons. The van der Waals surface area contributed by atoms with Gasteiger partial charge in [0.25, 0.3) is 0 Å². The monoisotopic (exact) mass is 179 g/mol. The molecule has 60 valence electrons. The smallest absolute Gasteiger partial charge is 1.00 e. The standard InChI is InChI=1S/C7H6ClNO2.Li.H/c1-4-2-3-5(8)6(9-4)7(10)11;;/h2-3H,1H3,(H,10,11);;/q;+1;-1. The maximum Gasteiger partial charge on any atom is 1.00 e. The molecule has 0 unspecified atom stereocenters. The van der Waals surface area contributed by atoms with Crippen LogP contribution in [0.4, 0.5) is 0 Å². The van der Waals surface area contributed by atoms with Crippen LogP contribution < -0.4 is 18.9 Å². The van der Waals surface area contributed by atoms with E-state index in [-0.39, 0.29) is 31.0 Å². The Morgan fingerprint density at radius 2 is 2.25 bits per heavy atom. The average molecular weight is 180 g/mol. The molecule has 0 aliphatic carbocycles. The molecule has 0 amide bonds. The Morgan fingerprint density at radius 1 is 1.67 bits per heavy atom. The molecule has 0 bridgehead atoms. The first kappa shape index (κ1) is 11.5. The SMILES string of the molecule is Cc1ccc(Cl)c(C(=O)O)n1.[H-].[Li+]. The van der Waals surface area contributed by atoms with Crippen molar-refractivity contribution in [2.24, 2.45) is 0 Å². The largest absolute Gasteiger partial charge is 1.00 e. The molecule has 1 aromatic rings. The molecule has 1 heterocycles. The summed E-state index contributed by atoms with van der Waals surface area (Å²) in [5.74, 6) is -1.10. The predicted octanol–water partition coefficient (Wildman–Crippen LogP) is -1.14. The molecule has 0 saturated carbocycles. The van der Waals surface area contributed by atoms with Gasteiger partial charge < -0.3 is 6.53 Å². The van der Waals surface area contributed by atoms with Crippen LogP contribution in [0.2, 0.25) is 5.02 Å². The van der Waals surface area contributed by atoms with E-state index < -0.39 is 5.97 Å². The number of pyridine rings is 1. The molecule has 1 rings (SSSR count). The number of hydrogen-bond acceptors (Lipinski definition) is 2. The van der Waals surface area contributed by atoms with Gasteiger partial charge in [-0.2, -0.15) is 0 Å². The van der Waals surface area contributed by atoms with Crippen molar-refractivity contribution in [1.29, 1.82) is 0 Å². The fourth-order valence-electron chi connectivity index (χ4n) is 0.690. The second-order valence-corrected chi connectivity index (χ2v) is 2.50. The number of rotatable bonds is 1. The van der Waals surface area contributed by atoms with Gasteiger partial charge in [0.15, 0.2) is 5.69 Å². The minimum Gasteiger partial charge on any atom is -1.00 e. The first-order chi connectivity index (χ1) is 5.11. The summed E-state index contributed by atoms with van der Waals surface area (Å²) in [5, 5.41) is 8.71. The van der Waals surface area contributed by atoms with Crippen LogP contribution in [0.3, 0.4) is 0 Å². The van der Waals surface area contributed by atoms with Crippen molar-refractivity contribution in [3.63, 3.8) is 0 Å². The Hall–Kier alpha value is -0.493. The fraction of sp³-hybridized carbons (Fsp3) is 0.143. The predicted molar refractivity (Wildman–Crippen MR) is 42.1 cm³/mol. The maximum absolute atomic E-state index is 10.4. The van der Waals surface area contributed by atoms with Crippen molar-refractivity contribution in [2.75, 3.05) is 0 Å². The molecule has 0 aliphatic rings. The zero-order valence-electron chi connectivity index (χ0n) is 7.84. The molecule has 0 spiro atoms. The topological polar surface area (TPSA) is 50.2 Å². The van der Waals surface area contributed by atoms with Gasteiger partial charge in [0, 0.05) is 5.69 Å². The fourth-order valence-corrected chi connectivity index (χ4v) is 0.876. The molecular weight excluding hydrogens is 172 g/mol. The summed E-state index contributed by atoms with van der Waals surface area (Å²) < 4.78 is 0. The third kappa shape index (κ3) is 2.53. The Labute approximate surface area is 88.4 Å². The molecule has 3 nitrogen and oxygen atoms in total. The van der Waals surface area contributed by atoms with Crippen LogP contribution in [0.25, 0.3) is 0 Å². The molecule has 0 saturated heterocycles. The Bertz CT molecular complexity index is 309. The van der Waals surface area contributed by atoms with Gasteiger partial charge in [0.05, 0.1) is 5.02 Å².